The predicted octanol–water partition coefficient (Wildman–Crippen LogP) is 5.65. The highest BCUT2D eigenvalue weighted by Gasteiger charge is 2.13. The van der Waals surface area contributed by atoms with Gasteiger partial charge in [-0.05, 0) is 48.9 Å². The van der Waals surface area contributed by atoms with Gasteiger partial charge in [-0.2, -0.15) is 0 Å². The van der Waals surface area contributed by atoms with E-state index >= 15 is 0 Å². The second-order valence-corrected chi connectivity index (χ2v) is 9.40. The van der Waals surface area contributed by atoms with Gasteiger partial charge in [-0.25, -0.2) is 0 Å². The molecule has 0 saturated heterocycles. The molecule has 4 rings (SSSR count). The number of aryl methyl sites for hydroxylation is 1. The van der Waals surface area contributed by atoms with Gasteiger partial charge in [0.25, 0.3) is 5.91 Å². The Kier molecular flexibility index (Phi) is 7.49. The molecule has 3 aromatic carbocycles. The quantitative estimate of drug-likeness (QED) is 0.191. The molecule has 8 heteroatoms. The van der Waals surface area contributed by atoms with E-state index in [1.54, 1.807) is 36.4 Å². The number of hydrogen-bond donors (Lipinski definition) is 1. The lowest BCUT2D eigenvalue weighted by Gasteiger charge is -2.07. The number of anilines is 1. The zero-order chi connectivity index (χ0) is 23.0. The first-order valence-electron chi connectivity index (χ1n) is 10.2. The third-order valence-electron chi connectivity index (χ3n) is 4.69. The zero-order valence-corrected chi connectivity index (χ0v) is 19.5. The van der Waals surface area contributed by atoms with Gasteiger partial charge in [0.15, 0.2) is 10.1 Å². The fraction of sp³-hybridized carbons (Fsp3) is 0.120. The van der Waals surface area contributed by atoms with Crippen LogP contribution in [0.2, 0.25) is 0 Å². The van der Waals surface area contributed by atoms with Gasteiger partial charge < -0.3 is 4.74 Å². The highest BCUT2D eigenvalue weighted by Crippen LogP contribution is 2.27. The lowest BCUT2D eigenvalue weighted by Crippen LogP contribution is -2.11. The van der Waals surface area contributed by atoms with E-state index in [0.29, 0.717) is 33.0 Å². The van der Waals surface area contributed by atoms with Gasteiger partial charge in [0.1, 0.15) is 12.4 Å². The van der Waals surface area contributed by atoms with Crippen LogP contribution in [0.25, 0.3) is 0 Å². The van der Waals surface area contributed by atoms with Gasteiger partial charge in [-0.1, -0.05) is 71.1 Å². The molecule has 1 amide bonds. The van der Waals surface area contributed by atoms with Crippen LogP contribution >= 0.6 is 23.1 Å². The van der Waals surface area contributed by atoms with Crippen molar-refractivity contribution >= 4 is 39.9 Å². The number of rotatable bonds is 9. The number of hydrogen-bond acceptors (Lipinski definition) is 7. The molecule has 0 atom stereocenters. The average Bonchev–Trinajstić information content (AvgIpc) is 3.30. The molecule has 0 aliphatic carbocycles. The number of aromatic nitrogens is 2. The molecule has 0 aliphatic heterocycles. The van der Waals surface area contributed by atoms with Crippen molar-refractivity contribution in [2.75, 3.05) is 11.1 Å². The summed E-state index contributed by atoms with van der Waals surface area (Å²) >= 11 is 2.53. The van der Waals surface area contributed by atoms with Gasteiger partial charge in [0.2, 0.25) is 5.13 Å². The third kappa shape index (κ3) is 6.50. The van der Waals surface area contributed by atoms with Crippen molar-refractivity contribution in [3.63, 3.8) is 0 Å². The van der Waals surface area contributed by atoms with Gasteiger partial charge in [0, 0.05) is 11.1 Å². The summed E-state index contributed by atoms with van der Waals surface area (Å²) < 4.78 is 6.38. The first kappa shape index (κ1) is 22.7. The summed E-state index contributed by atoms with van der Waals surface area (Å²) in [5, 5.41) is 11.2. The highest BCUT2D eigenvalue weighted by atomic mass is 32.2. The van der Waals surface area contributed by atoms with Crippen molar-refractivity contribution in [1.82, 2.24) is 10.2 Å². The number of Topliss-reactive ketones (excluding diaryl/α,β-unsaturated/α-hetero) is 1. The molecule has 0 bridgehead atoms. The normalized spacial score (nSPS) is 10.6. The molecule has 0 radical (unpaired) electrons. The molecule has 0 saturated carbocycles. The van der Waals surface area contributed by atoms with Gasteiger partial charge >= 0.3 is 0 Å². The Morgan fingerprint density at radius 2 is 1.61 bits per heavy atom. The lowest BCUT2D eigenvalue weighted by atomic mass is 10.1. The Morgan fingerprint density at radius 3 is 2.33 bits per heavy atom. The first-order valence-corrected chi connectivity index (χ1v) is 12.0. The molecule has 0 aliphatic rings. The first-order chi connectivity index (χ1) is 16.1. The molecule has 166 valence electrons. The van der Waals surface area contributed by atoms with Crippen molar-refractivity contribution in [2.45, 2.75) is 17.9 Å². The van der Waals surface area contributed by atoms with E-state index in [-0.39, 0.29) is 17.4 Å². The number of benzene rings is 3. The summed E-state index contributed by atoms with van der Waals surface area (Å²) in [6.45, 7) is 2.44. The van der Waals surface area contributed by atoms with Gasteiger partial charge in [-0.15, -0.1) is 10.2 Å². The van der Waals surface area contributed by atoms with E-state index in [2.05, 4.69) is 15.5 Å². The molecule has 33 heavy (non-hydrogen) atoms. The topological polar surface area (TPSA) is 81.2 Å². The van der Waals surface area contributed by atoms with E-state index in [4.69, 9.17) is 4.74 Å². The molecule has 0 fully saturated rings. The van der Waals surface area contributed by atoms with Crippen molar-refractivity contribution < 1.29 is 14.3 Å². The molecular formula is C25H21N3O3S2. The number of nitrogens with zero attached hydrogens (tertiary/aromatic N) is 2. The zero-order valence-electron chi connectivity index (χ0n) is 17.9. The SMILES string of the molecule is Cc1ccc(C(=O)Nc2nnc(SCC(=O)c3ccc(OCc4ccccc4)cc3)s2)cc1. The van der Waals surface area contributed by atoms with Crippen LogP contribution < -0.4 is 10.1 Å². The maximum absolute atomic E-state index is 12.5. The van der Waals surface area contributed by atoms with E-state index < -0.39 is 0 Å². The fourth-order valence-corrected chi connectivity index (χ4v) is 4.52. The van der Waals surface area contributed by atoms with Crippen LogP contribution in [0.1, 0.15) is 31.8 Å². The summed E-state index contributed by atoms with van der Waals surface area (Å²) in [5.74, 6) is 0.676. The molecular weight excluding hydrogens is 454 g/mol. The van der Waals surface area contributed by atoms with Gasteiger partial charge in [0.05, 0.1) is 5.75 Å². The Morgan fingerprint density at radius 1 is 0.909 bits per heavy atom. The molecule has 0 unspecified atom stereocenters. The highest BCUT2D eigenvalue weighted by molar-refractivity contribution is 8.01. The van der Waals surface area contributed by atoms with Crippen LogP contribution in [0.3, 0.4) is 0 Å². The summed E-state index contributed by atoms with van der Waals surface area (Å²) in [4.78, 5) is 24.8. The molecule has 4 aromatic rings. The number of thioether (sulfide) groups is 1. The van der Waals surface area contributed by atoms with E-state index in [0.717, 1.165) is 11.1 Å². The van der Waals surface area contributed by atoms with Crippen LogP contribution in [0.5, 0.6) is 5.75 Å². The Bertz CT molecular complexity index is 1220. The smallest absolute Gasteiger partial charge is 0.257 e. The van der Waals surface area contributed by atoms with Crippen molar-refractivity contribution in [3.8, 4) is 5.75 Å². The number of ketones is 1. The summed E-state index contributed by atoms with van der Waals surface area (Å²) in [6.07, 6.45) is 0. The third-order valence-corrected chi connectivity index (χ3v) is 6.66. The molecule has 0 spiro atoms. The molecule has 6 nitrogen and oxygen atoms in total. The summed E-state index contributed by atoms with van der Waals surface area (Å²) in [6, 6.07) is 24.3. The standard InChI is InChI=1S/C25H21N3O3S2/c1-17-7-9-20(10-8-17)23(30)26-24-27-28-25(33-24)32-16-22(29)19-11-13-21(14-12-19)31-15-18-5-3-2-4-6-18/h2-14H,15-16H2,1H3,(H,26,27,30). The fourth-order valence-electron chi connectivity index (χ4n) is 2.88. The van der Waals surface area contributed by atoms with E-state index in [9.17, 15) is 9.59 Å². The van der Waals surface area contributed by atoms with Crippen LogP contribution in [-0.4, -0.2) is 27.6 Å². The van der Waals surface area contributed by atoms with Crippen molar-refractivity contribution in [2.24, 2.45) is 0 Å². The minimum absolute atomic E-state index is 0.0185. The Hall–Kier alpha value is -3.49. The summed E-state index contributed by atoms with van der Waals surface area (Å²) in [5.41, 5.74) is 3.32. The van der Waals surface area contributed by atoms with E-state index in [1.807, 2.05) is 49.4 Å². The molecule has 1 heterocycles. The average molecular weight is 476 g/mol. The maximum Gasteiger partial charge on any atom is 0.257 e. The number of carbonyl (C=O) groups is 2. The minimum atomic E-state index is -0.242. The Balaban J connectivity index is 1.26. The number of carbonyl (C=O) groups excluding carboxylic acids is 2. The monoisotopic (exact) mass is 475 g/mol. The number of nitrogens with one attached hydrogen (secondary N) is 1. The number of ether oxygens (including phenoxy) is 1. The summed E-state index contributed by atoms with van der Waals surface area (Å²) in [7, 11) is 0. The largest absolute Gasteiger partial charge is 0.489 e. The maximum atomic E-state index is 12.5. The van der Waals surface area contributed by atoms with Crippen molar-refractivity contribution in [3.05, 3.63) is 101 Å². The van der Waals surface area contributed by atoms with Crippen LogP contribution in [0, 0.1) is 6.92 Å². The number of amides is 1. The molecule has 1 aromatic heterocycles. The van der Waals surface area contributed by atoms with Crippen LogP contribution in [-0.2, 0) is 6.61 Å². The predicted molar refractivity (Wildman–Crippen MR) is 131 cm³/mol. The molecule has 1 N–H and O–H groups in total. The minimum Gasteiger partial charge on any atom is -0.489 e. The van der Waals surface area contributed by atoms with Crippen LogP contribution in [0.4, 0.5) is 5.13 Å². The van der Waals surface area contributed by atoms with Crippen molar-refractivity contribution in [1.29, 1.82) is 0 Å². The second-order valence-electron chi connectivity index (χ2n) is 7.20. The van der Waals surface area contributed by atoms with Crippen LogP contribution in [0.15, 0.2) is 83.2 Å². The second kappa shape index (κ2) is 10.9. The Labute approximate surface area is 200 Å². The lowest BCUT2D eigenvalue weighted by molar-refractivity contribution is 0.101. The van der Waals surface area contributed by atoms with Gasteiger partial charge in [-0.3, -0.25) is 14.9 Å². The van der Waals surface area contributed by atoms with E-state index in [1.165, 1.54) is 23.1 Å².